The van der Waals surface area contributed by atoms with Crippen molar-refractivity contribution >= 4 is 28.4 Å². The fourth-order valence-electron chi connectivity index (χ4n) is 3.33. The standard InChI is InChI=1S/C20H30FIO/c1-5-7-16(8-6-2)17(13-20(23)15(4)22)12-18-11-14(3)9-10-19(18)21/h9-11,15-17H,5-8,12-13H2,1-4H3. The molecule has 0 N–H and O–H groups in total. The molecule has 1 aromatic carbocycles. The zero-order valence-electron chi connectivity index (χ0n) is 14.9. The molecule has 0 bridgehead atoms. The Kier molecular flexibility index (Phi) is 9.33. The number of hydrogen-bond acceptors (Lipinski definition) is 1. The van der Waals surface area contributed by atoms with Crippen LogP contribution in [0.2, 0.25) is 0 Å². The molecule has 0 amide bonds. The molecule has 0 spiro atoms. The van der Waals surface area contributed by atoms with E-state index in [4.69, 9.17) is 0 Å². The van der Waals surface area contributed by atoms with Crippen molar-refractivity contribution in [3.05, 3.63) is 35.1 Å². The molecule has 0 saturated heterocycles. The smallest absolute Gasteiger partial charge is 0.145 e. The molecule has 23 heavy (non-hydrogen) atoms. The number of alkyl halides is 1. The lowest BCUT2D eigenvalue weighted by Gasteiger charge is -2.27. The van der Waals surface area contributed by atoms with Gasteiger partial charge in [0, 0.05) is 6.42 Å². The Morgan fingerprint density at radius 3 is 2.30 bits per heavy atom. The quantitative estimate of drug-likeness (QED) is 0.314. The van der Waals surface area contributed by atoms with E-state index in [-0.39, 0.29) is 15.7 Å². The predicted octanol–water partition coefficient (Wildman–Crippen LogP) is 6.29. The lowest BCUT2D eigenvalue weighted by Crippen LogP contribution is -2.24. The molecule has 0 aliphatic carbocycles. The number of hydrogen-bond donors (Lipinski definition) is 0. The predicted molar refractivity (Wildman–Crippen MR) is 105 cm³/mol. The number of Topliss-reactive ketones (excluding diaryl/α,β-unsaturated/α-hetero) is 1. The lowest BCUT2D eigenvalue weighted by molar-refractivity contribution is -0.119. The highest BCUT2D eigenvalue weighted by Crippen LogP contribution is 2.31. The van der Waals surface area contributed by atoms with E-state index in [0.29, 0.717) is 24.5 Å². The van der Waals surface area contributed by atoms with Crippen LogP contribution in [0.15, 0.2) is 18.2 Å². The number of carbonyl (C=O) groups is 1. The van der Waals surface area contributed by atoms with E-state index in [2.05, 4.69) is 36.4 Å². The number of rotatable bonds is 10. The Hall–Kier alpha value is -0.450. The van der Waals surface area contributed by atoms with E-state index in [9.17, 15) is 9.18 Å². The number of aryl methyl sites for hydroxylation is 1. The van der Waals surface area contributed by atoms with Gasteiger partial charge in [0.2, 0.25) is 0 Å². The van der Waals surface area contributed by atoms with Gasteiger partial charge in [-0.15, -0.1) is 0 Å². The molecule has 1 aromatic rings. The van der Waals surface area contributed by atoms with Crippen molar-refractivity contribution in [2.24, 2.45) is 11.8 Å². The Labute approximate surface area is 154 Å². The van der Waals surface area contributed by atoms with Crippen LogP contribution in [-0.4, -0.2) is 9.71 Å². The summed E-state index contributed by atoms with van der Waals surface area (Å²) in [7, 11) is 0. The minimum atomic E-state index is -0.137. The Balaban J connectivity index is 3.01. The van der Waals surface area contributed by atoms with E-state index in [1.807, 2.05) is 26.0 Å². The van der Waals surface area contributed by atoms with Crippen molar-refractivity contribution in [2.45, 2.75) is 70.1 Å². The van der Waals surface area contributed by atoms with Crippen LogP contribution in [-0.2, 0) is 11.2 Å². The summed E-state index contributed by atoms with van der Waals surface area (Å²) in [4.78, 5) is 12.3. The zero-order valence-corrected chi connectivity index (χ0v) is 17.0. The van der Waals surface area contributed by atoms with Gasteiger partial charge < -0.3 is 0 Å². The summed E-state index contributed by atoms with van der Waals surface area (Å²) in [6.07, 6.45) is 5.72. The lowest BCUT2D eigenvalue weighted by atomic mass is 9.78. The van der Waals surface area contributed by atoms with Crippen LogP contribution >= 0.6 is 22.6 Å². The molecular weight excluding hydrogens is 402 g/mol. The second kappa shape index (κ2) is 10.4. The maximum atomic E-state index is 14.2. The fraction of sp³-hybridized carbons (Fsp3) is 0.650. The van der Waals surface area contributed by atoms with Crippen LogP contribution in [0.25, 0.3) is 0 Å². The summed E-state index contributed by atoms with van der Waals surface area (Å²) in [6.45, 7) is 8.32. The summed E-state index contributed by atoms with van der Waals surface area (Å²) in [6, 6.07) is 5.30. The topological polar surface area (TPSA) is 17.1 Å². The van der Waals surface area contributed by atoms with Gasteiger partial charge in [-0.3, -0.25) is 4.79 Å². The van der Waals surface area contributed by atoms with E-state index in [1.165, 1.54) is 0 Å². The molecule has 1 nitrogen and oxygen atoms in total. The normalized spacial score (nSPS) is 14.0. The van der Waals surface area contributed by atoms with Crippen LogP contribution in [0.4, 0.5) is 4.39 Å². The summed E-state index contributed by atoms with van der Waals surface area (Å²) < 4.78 is 14.2. The Morgan fingerprint density at radius 2 is 1.78 bits per heavy atom. The number of halogens is 2. The molecule has 0 aliphatic heterocycles. The van der Waals surface area contributed by atoms with E-state index in [1.54, 1.807) is 6.07 Å². The molecule has 0 heterocycles. The van der Waals surface area contributed by atoms with Gasteiger partial charge in [0.1, 0.15) is 11.6 Å². The van der Waals surface area contributed by atoms with E-state index in [0.717, 1.165) is 36.8 Å². The minimum Gasteiger partial charge on any atom is -0.299 e. The molecule has 0 aliphatic rings. The first-order valence-electron chi connectivity index (χ1n) is 8.80. The molecular formula is C20H30FIO. The summed E-state index contributed by atoms with van der Waals surface area (Å²) in [5.74, 6) is 0.906. The molecule has 130 valence electrons. The van der Waals surface area contributed by atoms with Crippen molar-refractivity contribution in [1.82, 2.24) is 0 Å². The highest BCUT2D eigenvalue weighted by molar-refractivity contribution is 14.1. The molecule has 2 unspecified atom stereocenters. The van der Waals surface area contributed by atoms with Gasteiger partial charge in [0.25, 0.3) is 0 Å². The van der Waals surface area contributed by atoms with Gasteiger partial charge in [0.05, 0.1) is 3.92 Å². The van der Waals surface area contributed by atoms with Crippen LogP contribution in [0.1, 0.15) is 64.0 Å². The first-order chi connectivity index (χ1) is 10.9. The van der Waals surface area contributed by atoms with Gasteiger partial charge >= 0.3 is 0 Å². The third kappa shape index (κ3) is 6.90. The molecule has 2 atom stereocenters. The minimum absolute atomic E-state index is 0.0290. The average molecular weight is 432 g/mol. The number of carbonyl (C=O) groups excluding carboxylic acids is 1. The third-order valence-corrected chi connectivity index (χ3v) is 5.27. The molecule has 0 fully saturated rings. The van der Waals surface area contributed by atoms with Crippen LogP contribution in [0.5, 0.6) is 0 Å². The monoisotopic (exact) mass is 432 g/mol. The molecule has 3 heteroatoms. The van der Waals surface area contributed by atoms with Gasteiger partial charge in [-0.2, -0.15) is 0 Å². The summed E-state index contributed by atoms with van der Waals surface area (Å²) in [5.41, 5.74) is 1.84. The van der Waals surface area contributed by atoms with Gasteiger partial charge in [-0.1, -0.05) is 79.8 Å². The van der Waals surface area contributed by atoms with Crippen LogP contribution in [0, 0.1) is 24.6 Å². The van der Waals surface area contributed by atoms with Crippen molar-refractivity contribution in [3.8, 4) is 0 Å². The Bertz CT molecular complexity index is 492. The highest BCUT2D eigenvalue weighted by Gasteiger charge is 2.25. The van der Waals surface area contributed by atoms with Gasteiger partial charge in [0.15, 0.2) is 0 Å². The van der Waals surface area contributed by atoms with Crippen molar-refractivity contribution < 1.29 is 9.18 Å². The Morgan fingerprint density at radius 1 is 1.17 bits per heavy atom. The fourth-order valence-corrected chi connectivity index (χ4v) is 3.58. The maximum Gasteiger partial charge on any atom is 0.145 e. The first kappa shape index (κ1) is 20.6. The second-order valence-corrected chi connectivity index (χ2v) is 8.55. The second-order valence-electron chi connectivity index (χ2n) is 6.68. The SMILES string of the molecule is CCCC(CCC)C(CC(=O)C(C)I)Cc1cc(C)ccc1F. The summed E-state index contributed by atoms with van der Waals surface area (Å²) >= 11 is 2.19. The average Bonchev–Trinajstić information content (AvgIpc) is 2.49. The molecule has 0 saturated carbocycles. The van der Waals surface area contributed by atoms with Crippen LogP contribution < -0.4 is 0 Å². The van der Waals surface area contributed by atoms with E-state index >= 15 is 0 Å². The molecule has 1 rings (SSSR count). The molecule has 0 aromatic heterocycles. The summed E-state index contributed by atoms with van der Waals surface area (Å²) in [5, 5.41) is 0. The van der Waals surface area contributed by atoms with Crippen molar-refractivity contribution in [1.29, 1.82) is 0 Å². The van der Waals surface area contributed by atoms with Gasteiger partial charge in [-0.05, 0) is 43.7 Å². The van der Waals surface area contributed by atoms with Gasteiger partial charge in [-0.25, -0.2) is 4.39 Å². The zero-order chi connectivity index (χ0) is 17.4. The highest BCUT2D eigenvalue weighted by atomic mass is 127. The largest absolute Gasteiger partial charge is 0.299 e. The van der Waals surface area contributed by atoms with E-state index < -0.39 is 0 Å². The van der Waals surface area contributed by atoms with Crippen molar-refractivity contribution in [2.75, 3.05) is 0 Å². The number of ketones is 1. The molecule has 0 radical (unpaired) electrons. The maximum absolute atomic E-state index is 14.2. The number of benzene rings is 1. The van der Waals surface area contributed by atoms with Crippen LogP contribution in [0.3, 0.4) is 0 Å². The first-order valence-corrected chi connectivity index (χ1v) is 10.0. The third-order valence-electron chi connectivity index (χ3n) is 4.58. The van der Waals surface area contributed by atoms with Crippen molar-refractivity contribution in [3.63, 3.8) is 0 Å².